The first kappa shape index (κ1) is 54.8. The molecule has 15 N–H and O–H groups in total. The molecule has 0 fully saturated rings. The van der Waals surface area contributed by atoms with E-state index in [0.29, 0.717) is 23.5 Å². The number of ether oxygens (including phenoxy) is 3. The molecule has 4 bridgehead atoms. The number of anilines is 1. The number of aliphatic carboxylic acids is 1. The van der Waals surface area contributed by atoms with Gasteiger partial charge in [-0.3, -0.25) is 19.2 Å². The quantitative estimate of drug-likeness (QED) is 0.0621. The summed E-state index contributed by atoms with van der Waals surface area (Å²) in [5.74, 6) is -4.92. The number of nitrogens with two attached hydrogens (primary N) is 4. The number of benzene rings is 3. The average Bonchev–Trinajstić information content (AvgIpc) is 3.31. The molecule has 22 heteroatoms. The van der Waals surface area contributed by atoms with Gasteiger partial charge in [-0.1, -0.05) is 26.8 Å². The zero-order chi connectivity index (χ0) is 52.3. The van der Waals surface area contributed by atoms with E-state index in [1.807, 2.05) is 0 Å². The smallest absolute Gasteiger partial charge is 0.326 e. The number of nitrogens with one attached hydrogen (secondary N) is 3. The number of likely N-dealkylation sites (N-methyl/N-ethyl adjacent to an activating group) is 1. The van der Waals surface area contributed by atoms with Gasteiger partial charge < -0.3 is 78.4 Å². The number of nitrogen functional groups attached to an aromatic ring is 1. The summed E-state index contributed by atoms with van der Waals surface area (Å²) in [7, 11) is 1.27. The van der Waals surface area contributed by atoms with Crippen LogP contribution in [-0.4, -0.2) is 142 Å². The zero-order valence-corrected chi connectivity index (χ0v) is 40.7. The third-order valence-corrected chi connectivity index (χ3v) is 11.6. The topological polar surface area (TPSA) is 363 Å². The summed E-state index contributed by atoms with van der Waals surface area (Å²) in [5.41, 5.74) is 24.9. The first-order chi connectivity index (χ1) is 33.5. The second kappa shape index (κ2) is 24.1. The molecule has 1 aromatic heterocycles. The molecule has 384 valence electrons. The van der Waals surface area contributed by atoms with E-state index in [0.717, 1.165) is 11.3 Å². The van der Waals surface area contributed by atoms with Gasteiger partial charge in [0.05, 0.1) is 12.3 Å². The Morgan fingerprint density at radius 3 is 2.13 bits per heavy atom. The Hall–Kier alpha value is -7.11. The van der Waals surface area contributed by atoms with Crippen molar-refractivity contribution in [3.8, 4) is 45.5 Å². The van der Waals surface area contributed by atoms with E-state index in [2.05, 4.69) is 46.7 Å². The van der Waals surface area contributed by atoms with Crippen LogP contribution in [-0.2, 0) is 25.6 Å². The largest absolute Gasteiger partial charge is 0.504 e. The summed E-state index contributed by atoms with van der Waals surface area (Å²) < 4.78 is 17.7. The minimum atomic E-state index is -1.69. The number of carboxylic acids is 1. The van der Waals surface area contributed by atoms with Gasteiger partial charge in [0, 0.05) is 43.2 Å². The molecular formula is C49H66N10O12. The number of fused-ring (bicyclic) bond motifs is 5. The van der Waals surface area contributed by atoms with E-state index in [9.17, 15) is 44.4 Å². The molecule has 5 rings (SSSR count). The summed E-state index contributed by atoms with van der Waals surface area (Å²) in [5, 5.41) is 50.4. The van der Waals surface area contributed by atoms with Crippen molar-refractivity contribution < 1.29 is 58.6 Å². The SMILES string of the molecule is Cc1nc(-c2ccc(OCCC(C)(C)C)cc2)nc(N)c1C(=O)N[C@@H](CCN)C(=O)N(C)[C@@H]1C(=O)N[C@@H](C)C(=O)N[C@H](C(=O)O)Cc2ccc(OC[C@H](O)CN)c(c2)-c2cc1cc(OC[C@H](O)CN)c2O. The third-order valence-electron chi connectivity index (χ3n) is 11.6. The molecule has 3 aromatic carbocycles. The minimum absolute atomic E-state index is 0.0128. The number of aryl methyl sites for hydroxylation is 1. The van der Waals surface area contributed by atoms with Gasteiger partial charge in [-0.05, 0) is 98.3 Å². The summed E-state index contributed by atoms with van der Waals surface area (Å²) in [6.45, 7) is 8.55. The van der Waals surface area contributed by atoms with Crippen molar-refractivity contribution in [2.75, 3.05) is 52.2 Å². The van der Waals surface area contributed by atoms with Gasteiger partial charge in [0.1, 0.15) is 72.5 Å². The van der Waals surface area contributed by atoms with Crippen LogP contribution >= 0.6 is 0 Å². The molecule has 4 aromatic rings. The molecular weight excluding hydrogens is 921 g/mol. The number of amides is 4. The summed E-state index contributed by atoms with van der Waals surface area (Å²) in [6.07, 6.45) is -1.86. The van der Waals surface area contributed by atoms with E-state index in [1.165, 1.54) is 44.3 Å². The first-order valence-electron chi connectivity index (χ1n) is 23.1. The number of aliphatic hydroxyl groups excluding tert-OH is 2. The highest BCUT2D eigenvalue weighted by atomic mass is 16.5. The maximum Gasteiger partial charge on any atom is 0.326 e. The molecule has 0 spiro atoms. The number of phenols is 1. The van der Waals surface area contributed by atoms with E-state index < -0.39 is 78.3 Å². The lowest BCUT2D eigenvalue weighted by molar-refractivity contribution is -0.143. The lowest BCUT2D eigenvalue weighted by atomic mass is 9.93. The summed E-state index contributed by atoms with van der Waals surface area (Å²) in [6, 6.07) is 8.21. The minimum Gasteiger partial charge on any atom is -0.504 e. The highest BCUT2D eigenvalue weighted by Gasteiger charge is 2.37. The van der Waals surface area contributed by atoms with Gasteiger partial charge in [0.15, 0.2) is 17.3 Å². The van der Waals surface area contributed by atoms with Crippen molar-refractivity contribution in [3.05, 3.63) is 77.0 Å². The first-order valence-corrected chi connectivity index (χ1v) is 23.1. The van der Waals surface area contributed by atoms with Gasteiger partial charge in [-0.2, -0.15) is 0 Å². The Balaban J connectivity index is 1.57. The van der Waals surface area contributed by atoms with Crippen molar-refractivity contribution in [1.82, 2.24) is 30.8 Å². The van der Waals surface area contributed by atoms with Gasteiger partial charge >= 0.3 is 5.97 Å². The molecule has 6 atom stereocenters. The van der Waals surface area contributed by atoms with Crippen molar-refractivity contribution in [2.45, 2.75) is 90.3 Å². The van der Waals surface area contributed by atoms with E-state index in [-0.39, 0.29) is 95.6 Å². The molecule has 22 nitrogen and oxygen atoms in total. The molecule has 0 radical (unpaired) electrons. The highest BCUT2D eigenvalue weighted by molar-refractivity contribution is 6.02. The maximum atomic E-state index is 14.8. The number of phenolic OH excluding ortho intramolecular Hbond substituents is 1. The number of rotatable bonds is 19. The standard InChI is InChI=1S/C49H66N10O12/c1-25-39(42(53)58-43(54-25)28-8-10-32(11-9-28)69-16-14-49(3,4)5)45(64)56-35(13-15-50)47(66)59(6)40-29-19-34(41(62)38(20-29)71-24-31(61)22-52)33-17-27(7-12-37(33)70-23-30(60)21-51)18-36(48(67)68)57-44(63)26(2)55-46(40)65/h7-12,17,19-20,26,30-31,35-36,40,60-62H,13-16,18,21-24,50-52H2,1-6H3,(H,55,65)(H,56,64)(H,57,63)(H,67,68)(H2,53,54,58)/t26-,30+,31+,35-,36-,40-/m0/s1. The van der Waals surface area contributed by atoms with Crippen LogP contribution in [0, 0.1) is 12.3 Å². The van der Waals surface area contributed by atoms with Crippen LogP contribution in [0.1, 0.15) is 73.8 Å². The molecule has 1 aliphatic heterocycles. The lowest BCUT2D eigenvalue weighted by Gasteiger charge is -2.33. The van der Waals surface area contributed by atoms with E-state index >= 15 is 0 Å². The molecule has 1 aliphatic rings. The van der Waals surface area contributed by atoms with Crippen LogP contribution in [0.4, 0.5) is 5.82 Å². The Bertz CT molecular complexity index is 2530. The predicted molar refractivity (Wildman–Crippen MR) is 262 cm³/mol. The van der Waals surface area contributed by atoms with E-state index in [4.69, 9.17) is 37.1 Å². The number of aromatic hydroxyl groups is 1. The Labute approximate surface area is 411 Å². The van der Waals surface area contributed by atoms with Crippen LogP contribution in [0.5, 0.6) is 23.0 Å². The van der Waals surface area contributed by atoms with Crippen molar-refractivity contribution in [3.63, 3.8) is 0 Å². The van der Waals surface area contributed by atoms with Gasteiger partial charge in [-0.25, -0.2) is 14.8 Å². The van der Waals surface area contributed by atoms with Crippen LogP contribution in [0.25, 0.3) is 22.5 Å². The number of hydrogen-bond acceptors (Lipinski definition) is 17. The number of carbonyl (C=O) groups excluding carboxylic acids is 4. The van der Waals surface area contributed by atoms with Crippen LogP contribution in [0.3, 0.4) is 0 Å². The second-order valence-electron chi connectivity index (χ2n) is 18.5. The van der Waals surface area contributed by atoms with E-state index in [1.54, 1.807) is 31.2 Å². The van der Waals surface area contributed by atoms with Crippen molar-refractivity contribution in [2.24, 2.45) is 22.6 Å². The Kier molecular flexibility index (Phi) is 18.6. The highest BCUT2D eigenvalue weighted by Crippen LogP contribution is 2.45. The Morgan fingerprint density at radius 2 is 1.54 bits per heavy atom. The van der Waals surface area contributed by atoms with Gasteiger partial charge in [-0.15, -0.1) is 0 Å². The zero-order valence-electron chi connectivity index (χ0n) is 40.7. The normalized spacial score (nSPS) is 17.4. The van der Waals surface area contributed by atoms with Gasteiger partial charge in [0.25, 0.3) is 5.91 Å². The number of carboxylic acid groups (broad SMARTS) is 1. The molecule has 71 heavy (non-hydrogen) atoms. The van der Waals surface area contributed by atoms with Crippen LogP contribution < -0.4 is 53.1 Å². The Morgan fingerprint density at radius 1 is 0.887 bits per heavy atom. The second-order valence-corrected chi connectivity index (χ2v) is 18.5. The number of aliphatic hydroxyl groups is 2. The average molecular weight is 987 g/mol. The molecule has 0 saturated carbocycles. The third kappa shape index (κ3) is 14.3. The van der Waals surface area contributed by atoms with Crippen LogP contribution in [0.2, 0.25) is 0 Å². The van der Waals surface area contributed by atoms with Crippen LogP contribution in [0.15, 0.2) is 54.6 Å². The fraction of sp³-hybridized carbons (Fsp3) is 0.449. The monoisotopic (exact) mass is 986 g/mol. The summed E-state index contributed by atoms with van der Waals surface area (Å²) in [4.78, 5) is 79.5. The fourth-order valence-corrected chi connectivity index (χ4v) is 7.50. The number of carbonyl (C=O) groups is 5. The summed E-state index contributed by atoms with van der Waals surface area (Å²) >= 11 is 0. The molecule has 0 aliphatic carbocycles. The van der Waals surface area contributed by atoms with Crippen molar-refractivity contribution in [1.29, 1.82) is 0 Å². The molecule has 0 unspecified atom stereocenters. The molecule has 2 heterocycles. The van der Waals surface area contributed by atoms with Crippen molar-refractivity contribution >= 4 is 35.4 Å². The lowest BCUT2D eigenvalue weighted by Crippen LogP contribution is -2.55. The van der Waals surface area contributed by atoms with Gasteiger partial charge in [0.2, 0.25) is 17.7 Å². The predicted octanol–water partition coefficient (Wildman–Crippen LogP) is 0.896. The molecule has 4 amide bonds. The fourth-order valence-electron chi connectivity index (χ4n) is 7.50. The maximum absolute atomic E-state index is 14.8. The number of aromatic nitrogens is 2. The number of nitrogens with zero attached hydrogens (tertiary/aromatic N) is 3. The molecule has 0 saturated heterocycles. The number of hydrogen-bond donors (Lipinski definition) is 11.